The number of hydrogen-bond donors (Lipinski definition) is 1. The molecule has 3 heterocycles. The van der Waals surface area contributed by atoms with Crippen LogP contribution < -0.4 is 10.2 Å². The Kier molecular flexibility index (Phi) is 4.14. The Morgan fingerprint density at radius 3 is 2.65 bits per heavy atom. The fourth-order valence-electron chi connectivity index (χ4n) is 2.66. The quantitative estimate of drug-likeness (QED) is 0.922. The number of aromatic nitrogens is 6. The van der Waals surface area contributed by atoms with Crippen LogP contribution in [0.25, 0.3) is 0 Å². The van der Waals surface area contributed by atoms with E-state index in [9.17, 15) is 0 Å². The van der Waals surface area contributed by atoms with Gasteiger partial charge in [0.1, 0.15) is 17.5 Å². The monoisotopic (exact) mass is 316 g/mol. The van der Waals surface area contributed by atoms with Crippen molar-refractivity contribution in [3.8, 4) is 0 Å². The molecule has 0 bridgehead atoms. The normalized spacial score (nSPS) is 17.2. The molecule has 1 N–H and O–H groups in total. The van der Waals surface area contributed by atoms with Crippen LogP contribution in [-0.4, -0.2) is 43.8 Å². The fraction of sp³-hybridized carbons (Fsp3) is 0.667. The van der Waals surface area contributed by atoms with E-state index in [2.05, 4.69) is 44.2 Å². The minimum absolute atomic E-state index is 0.0855. The minimum atomic E-state index is 0.0855. The molecular weight excluding hydrogens is 292 g/mol. The summed E-state index contributed by atoms with van der Waals surface area (Å²) in [6, 6.07) is 0.0855. The van der Waals surface area contributed by atoms with Gasteiger partial charge in [0.05, 0.1) is 6.04 Å². The van der Waals surface area contributed by atoms with Gasteiger partial charge < -0.3 is 10.2 Å². The lowest BCUT2D eigenvalue weighted by Crippen LogP contribution is -2.24. The number of aryl methyl sites for hydroxylation is 2. The standard InChI is InChI=1S/C15H24N8/c1-9(2)12-18-14(20-15(19-12)22(4)5)17-11-7-6-8-23-13(11)16-10(3)21-23/h9,11H,6-8H2,1-5H3,(H,17,18,19,20). The average Bonchev–Trinajstić information content (AvgIpc) is 2.88. The number of anilines is 2. The van der Waals surface area contributed by atoms with Crippen molar-refractivity contribution in [2.45, 2.75) is 52.1 Å². The highest BCUT2D eigenvalue weighted by Gasteiger charge is 2.24. The average molecular weight is 316 g/mol. The first-order valence-electron chi connectivity index (χ1n) is 8.05. The summed E-state index contributed by atoms with van der Waals surface area (Å²) in [5, 5.41) is 7.87. The predicted octanol–water partition coefficient (Wildman–Crippen LogP) is 1.91. The van der Waals surface area contributed by atoms with E-state index in [0.29, 0.717) is 11.9 Å². The minimum Gasteiger partial charge on any atom is -0.347 e. The van der Waals surface area contributed by atoms with Crippen LogP contribution in [0.3, 0.4) is 0 Å². The van der Waals surface area contributed by atoms with Gasteiger partial charge in [0.25, 0.3) is 0 Å². The zero-order chi connectivity index (χ0) is 16.6. The van der Waals surface area contributed by atoms with E-state index in [4.69, 9.17) is 0 Å². The Morgan fingerprint density at radius 1 is 1.17 bits per heavy atom. The number of nitrogens with zero attached hydrogens (tertiary/aromatic N) is 7. The maximum Gasteiger partial charge on any atom is 0.229 e. The molecule has 0 saturated heterocycles. The molecule has 124 valence electrons. The largest absolute Gasteiger partial charge is 0.347 e. The van der Waals surface area contributed by atoms with Gasteiger partial charge in [-0.25, -0.2) is 9.67 Å². The van der Waals surface area contributed by atoms with Crippen LogP contribution in [0.15, 0.2) is 0 Å². The first kappa shape index (κ1) is 15.6. The summed E-state index contributed by atoms with van der Waals surface area (Å²) >= 11 is 0. The molecule has 1 unspecified atom stereocenters. The highest BCUT2D eigenvalue weighted by molar-refractivity contribution is 5.37. The summed E-state index contributed by atoms with van der Waals surface area (Å²) in [5.74, 6) is 4.08. The SMILES string of the molecule is Cc1nc2n(n1)CCCC2Nc1nc(C(C)C)nc(N(C)C)n1. The molecular formula is C15H24N8. The zero-order valence-electron chi connectivity index (χ0n) is 14.4. The molecule has 0 aliphatic carbocycles. The highest BCUT2D eigenvalue weighted by Crippen LogP contribution is 2.26. The van der Waals surface area contributed by atoms with Crippen LogP contribution in [-0.2, 0) is 6.54 Å². The number of fused-ring (bicyclic) bond motifs is 1. The second-order valence-corrected chi connectivity index (χ2v) is 6.45. The van der Waals surface area contributed by atoms with Crippen LogP contribution in [0.2, 0.25) is 0 Å². The maximum absolute atomic E-state index is 4.57. The Balaban J connectivity index is 1.91. The van der Waals surface area contributed by atoms with Crippen LogP contribution in [0.1, 0.15) is 56.1 Å². The number of rotatable bonds is 4. The van der Waals surface area contributed by atoms with Crippen molar-refractivity contribution in [3.05, 3.63) is 17.5 Å². The summed E-state index contributed by atoms with van der Waals surface area (Å²) < 4.78 is 1.98. The molecule has 0 spiro atoms. The van der Waals surface area contributed by atoms with E-state index >= 15 is 0 Å². The van der Waals surface area contributed by atoms with Gasteiger partial charge >= 0.3 is 0 Å². The lowest BCUT2D eigenvalue weighted by atomic mass is 10.1. The molecule has 3 rings (SSSR count). The topological polar surface area (TPSA) is 84.7 Å². The maximum atomic E-state index is 4.57. The molecule has 1 atom stereocenters. The van der Waals surface area contributed by atoms with Gasteiger partial charge in [0.15, 0.2) is 0 Å². The van der Waals surface area contributed by atoms with Crippen molar-refractivity contribution in [1.29, 1.82) is 0 Å². The molecule has 0 fully saturated rings. The van der Waals surface area contributed by atoms with E-state index in [0.717, 1.165) is 36.9 Å². The lowest BCUT2D eigenvalue weighted by molar-refractivity contribution is 0.436. The van der Waals surface area contributed by atoms with Crippen LogP contribution >= 0.6 is 0 Å². The Labute approximate surface area is 136 Å². The second-order valence-electron chi connectivity index (χ2n) is 6.45. The molecule has 1 aliphatic heterocycles. The van der Waals surface area contributed by atoms with Crippen LogP contribution in [0.4, 0.5) is 11.9 Å². The van der Waals surface area contributed by atoms with Crippen molar-refractivity contribution in [3.63, 3.8) is 0 Å². The second kappa shape index (κ2) is 6.10. The summed E-state index contributed by atoms with van der Waals surface area (Å²) in [4.78, 5) is 20.0. The smallest absolute Gasteiger partial charge is 0.229 e. The summed E-state index contributed by atoms with van der Waals surface area (Å²) in [5.41, 5.74) is 0. The van der Waals surface area contributed by atoms with Crippen molar-refractivity contribution < 1.29 is 0 Å². The summed E-state index contributed by atoms with van der Waals surface area (Å²) in [6.07, 6.45) is 2.06. The molecule has 0 aromatic carbocycles. The van der Waals surface area contributed by atoms with E-state index in [1.165, 1.54) is 0 Å². The number of hydrogen-bond acceptors (Lipinski definition) is 7. The fourth-order valence-corrected chi connectivity index (χ4v) is 2.66. The van der Waals surface area contributed by atoms with Gasteiger partial charge in [-0.15, -0.1) is 0 Å². The molecule has 0 radical (unpaired) electrons. The molecule has 8 nitrogen and oxygen atoms in total. The van der Waals surface area contributed by atoms with E-state index in [-0.39, 0.29) is 12.0 Å². The summed E-state index contributed by atoms with van der Waals surface area (Å²) in [6.45, 7) is 7.01. The molecule has 1 aliphatic rings. The Bertz CT molecular complexity index is 665. The Hall–Kier alpha value is -2.25. The van der Waals surface area contributed by atoms with Gasteiger partial charge in [0.2, 0.25) is 11.9 Å². The third-order valence-corrected chi connectivity index (χ3v) is 3.84. The van der Waals surface area contributed by atoms with E-state index in [1.54, 1.807) is 0 Å². The first-order chi connectivity index (χ1) is 10.9. The van der Waals surface area contributed by atoms with Crippen molar-refractivity contribution in [2.24, 2.45) is 0 Å². The van der Waals surface area contributed by atoms with Gasteiger partial charge in [-0.2, -0.15) is 20.1 Å². The van der Waals surface area contributed by atoms with Crippen molar-refractivity contribution in [1.82, 2.24) is 29.7 Å². The van der Waals surface area contributed by atoms with Crippen LogP contribution in [0.5, 0.6) is 0 Å². The van der Waals surface area contributed by atoms with Crippen LogP contribution in [0, 0.1) is 6.92 Å². The molecule has 8 heteroatoms. The lowest BCUT2D eigenvalue weighted by Gasteiger charge is -2.24. The zero-order valence-corrected chi connectivity index (χ0v) is 14.4. The third-order valence-electron chi connectivity index (χ3n) is 3.84. The molecule has 2 aromatic rings. The molecule has 2 aromatic heterocycles. The van der Waals surface area contributed by atoms with E-state index in [1.807, 2.05) is 30.6 Å². The first-order valence-corrected chi connectivity index (χ1v) is 8.05. The highest BCUT2D eigenvalue weighted by atomic mass is 15.4. The predicted molar refractivity (Wildman–Crippen MR) is 88.6 cm³/mol. The summed E-state index contributed by atoms with van der Waals surface area (Å²) in [7, 11) is 3.87. The number of nitrogens with one attached hydrogen (secondary N) is 1. The Morgan fingerprint density at radius 2 is 1.96 bits per heavy atom. The molecule has 23 heavy (non-hydrogen) atoms. The molecule has 0 amide bonds. The van der Waals surface area contributed by atoms with Crippen molar-refractivity contribution in [2.75, 3.05) is 24.3 Å². The third kappa shape index (κ3) is 3.25. The van der Waals surface area contributed by atoms with Gasteiger partial charge in [0, 0.05) is 26.6 Å². The van der Waals surface area contributed by atoms with Gasteiger partial charge in [-0.1, -0.05) is 13.8 Å². The van der Waals surface area contributed by atoms with Gasteiger partial charge in [-0.3, -0.25) is 0 Å². The van der Waals surface area contributed by atoms with Crippen molar-refractivity contribution >= 4 is 11.9 Å². The van der Waals surface area contributed by atoms with Gasteiger partial charge in [-0.05, 0) is 19.8 Å². The molecule has 0 saturated carbocycles. The van der Waals surface area contributed by atoms with E-state index < -0.39 is 0 Å².